The Balaban J connectivity index is 1.67. The van der Waals surface area contributed by atoms with Crippen LogP contribution in [0.15, 0.2) is 78.4 Å². The predicted octanol–water partition coefficient (Wildman–Crippen LogP) is 6.49. The number of amides is 1. The van der Waals surface area contributed by atoms with Crippen molar-refractivity contribution in [1.82, 2.24) is 0 Å². The average molecular weight is 466 g/mol. The quantitative estimate of drug-likeness (QED) is 0.273. The summed E-state index contributed by atoms with van der Waals surface area (Å²) in [6, 6.07) is 22.4. The molecule has 1 aliphatic heterocycles. The minimum atomic E-state index is -0.706. The molecule has 4 nitrogen and oxygen atoms in total. The van der Waals surface area contributed by atoms with Crippen molar-refractivity contribution >= 4 is 23.1 Å². The third-order valence-electron chi connectivity index (χ3n) is 7.19. The van der Waals surface area contributed by atoms with E-state index in [9.17, 15) is 14.7 Å². The number of ketones is 1. The van der Waals surface area contributed by atoms with Crippen LogP contribution in [0.25, 0.3) is 5.76 Å². The number of anilines is 1. The summed E-state index contributed by atoms with van der Waals surface area (Å²) in [5.74, 6) is -1.39. The zero-order valence-corrected chi connectivity index (χ0v) is 20.5. The maximum atomic E-state index is 13.4. The standard InChI is InChI=1S/C31H31NO3/c1-31(2,3)24-17-15-21(16-18-24)27-26(29(34)30(35)32(27)25-11-5-4-6-12-25)28(33)23-14-13-20-9-7-8-10-22(20)19-23/h4-6,11-19,27,33H,7-10H2,1-3H3/b28-26-. The molecule has 1 fully saturated rings. The van der Waals surface area contributed by atoms with Crippen molar-refractivity contribution in [2.24, 2.45) is 0 Å². The fraction of sp³-hybridized carbons (Fsp3) is 0.290. The van der Waals surface area contributed by atoms with E-state index in [1.165, 1.54) is 22.4 Å². The van der Waals surface area contributed by atoms with Crippen molar-refractivity contribution in [3.8, 4) is 0 Å². The number of fused-ring (bicyclic) bond motifs is 1. The largest absolute Gasteiger partial charge is 0.507 e. The Morgan fingerprint density at radius 2 is 1.51 bits per heavy atom. The highest BCUT2D eigenvalue weighted by Gasteiger charge is 2.47. The van der Waals surface area contributed by atoms with Crippen molar-refractivity contribution in [1.29, 1.82) is 0 Å². The van der Waals surface area contributed by atoms with Crippen LogP contribution in [0, 0.1) is 0 Å². The number of para-hydroxylation sites is 1. The number of aryl methyl sites for hydroxylation is 2. The van der Waals surface area contributed by atoms with Gasteiger partial charge in [0, 0.05) is 11.3 Å². The van der Waals surface area contributed by atoms with Gasteiger partial charge in [0.1, 0.15) is 5.76 Å². The number of nitrogens with zero attached hydrogens (tertiary/aromatic N) is 1. The van der Waals surface area contributed by atoms with Crippen LogP contribution in [0.1, 0.15) is 67.5 Å². The van der Waals surface area contributed by atoms with Crippen molar-refractivity contribution in [2.45, 2.75) is 57.9 Å². The molecular weight excluding hydrogens is 434 g/mol. The number of carbonyl (C=O) groups is 2. The Bertz CT molecular complexity index is 1310. The molecule has 2 aliphatic rings. The van der Waals surface area contributed by atoms with E-state index >= 15 is 0 Å². The summed E-state index contributed by atoms with van der Waals surface area (Å²) in [6.07, 6.45) is 4.29. The lowest BCUT2D eigenvalue weighted by Crippen LogP contribution is -2.29. The van der Waals surface area contributed by atoms with E-state index in [-0.39, 0.29) is 16.7 Å². The van der Waals surface area contributed by atoms with Crippen LogP contribution in [0.2, 0.25) is 0 Å². The second kappa shape index (κ2) is 8.84. The first-order chi connectivity index (χ1) is 16.8. The second-order valence-corrected chi connectivity index (χ2v) is 10.6. The van der Waals surface area contributed by atoms with Crippen LogP contribution in [-0.2, 0) is 27.8 Å². The normalized spacial score (nSPS) is 19.6. The number of aliphatic hydroxyl groups excluding tert-OH is 1. The molecule has 1 atom stereocenters. The maximum Gasteiger partial charge on any atom is 0.300 e. The number of Topliss-reactive ketones (excluding diaryl/α,β-unsaturated/α-hetero) is 1. The van der Waals surface area contributed by atoms with Crippen LogP contribution >= 0.6 is 0 Å². The van der Waals surface area contributed by atoms with Gasteiger partial charge in [-0.05, 0) is 71.6 Å². The van der Waals surface area contributed by atoms with Gasteiger partial charge < -0.3 is 5.11 Å². The van der Waals surface area contributed by atoms with Crippen LogP contribution in [0.4, 0.5) is 5.69 Å². The maximum absolute atomic E-state index is 13.4. The molecule has 1 N–H and O–H groups in total. The molecule has 1 saturated heterocycles. The molecule has 1 unspecified atom stereocenters. The number of benzene rings is 3. The minimum Gasteiger partial charge on any atom is -0.507 e. The van der Waals surface area contributed by atoms with E-state index in [4.69, 9.17) is 0 Å². The molecule has 5 rings (SSSR count). The Hall–Kier alpha value is -3.66. The molecule has 0 bridgehead atoms. The first-order valence-corrected chi connectivity index (χ1v) is 12.3. The number of hydrogen-bond donors (Lipinski definition) is 1. The first-order valence-electron chi connectivity index (χ1n) is 12.3. The lowest BCUT2D eigenvalue weighted by atomic mass is 9.85. The van der Waals surface area contributed by atoms with Gasteiger partial charge in [0.2, 0.25) is 0 Å². The lowest BCUT2D eigenvalue weighted by molar-refractivity contribution is -0.132. The van der Waals surface area contributed by atoms with Gasteiger partial charge in [-0.2, -0.15) is 0 Å². The molecule has 4 heteroatoms. The third-order valence-corrected chi connectivity index (χ3v) is 7.19. The highest BCUT2D eigenvalue weighted by molar-refractivity contribution is 6.51. The van der Waals surface area contributed by atoms with E-state index in [1.807, 2.05) is 72.8 Å². The SMILES string of the molecule is CC(C)(C)c1ccc(C2/C(=C(/O)c3ccc4c(c3)CCCC4)C(=O)C(=O)N2c2ccccc2)cc1. The van der Waals surface area contributed by atoms with E-state index in [2.05, 4.69) is 20.8 Å². The van der Waals surface area contributed by atoms with Gasteiger partial charge >= 0.3 is 0 Å². The van der Waals surface area contributed by atoms with Crippen LogP contribution in [0.3, 0.4) is 0 Å². The predicted molar refractivity (Wildman–Crippen MR) is 139 cm³/mol. The van der Waals surface area contributed by atoms with Crippen molar-refractivity contribution in [3.05, 3.63) is 106 Å². The van der Waals surface area contributed by atoms with Crippen LogP contribution in [-0.4, -0.2) is 16.8 Å². The van der Waals surface area contributed by atoms with Gasteiger partial charge in [-0.15, -0.1) is 0 Å². The molecule has 0 aromatic heterocycles. The monoisotopic (exact) mass is 465 g/mol. The molecule has 35 heavy (non-hydrogen) atoms. The van der Waals surface area contributed by atoms with Crippen molar-refractivity contribution in [2.75, 3.05) is 4.90 Å². The number of aliphatic hydroxyl groups is 1. The Morgan fingerprint density at radius 1 is 0.857 bits per heavy atom. The van der Waals surface area contributed by atoms with Gasteiger partial charge in [-0.25, -0.2) is 0 Å². The van der Waals surface area contributed by atoms with Crippen LogP contribution in [0.5, 0.6) is 0 Å². The number of rotatable bonds is 3. The molecule has 3 aromatic rings. The van der Waals surface area contributed by atoms with E-state index in [1.54, 1.807) is 0 Å². The molecular formula is C31H31NO3. The summed E-state index contributed by atoms with van der Waals surface area (Å²) in [6.45, 7) is 6.44. The zero-order valence-electron chi connectivity index (χ0n) is 20.5. The summed E-state index contributed by atoms with van der Waals surface area (Å²) in [5, 5.41) is 11.5. The summed E-state index contributed by atoms with van der Waals surface area (Å²) >= 11 is 0. The minimum absolute atomic E-state index is 0.0249. The van der Waals surface area contributed by atoms with Gasteiger partial charge in [0.25, 0.3) is 11.7 Å². The average Bonchev–Trinajstić information content (AvgIpc) is 3.13. The van der Waals surface area contributed by atoms with Gasteiger partial charge in [-0.1, -0.05) is 75.4 Å². The topological polar surface area (TPSA) is 57.6 Å². The number of hydrogen-bond acceptors (Lipinski definition) is 3. The molecule has 1 amide bonds. The molecule has 3 aromatic carbocycles. The first kappa shape index (κ1) is 23.1. The second-order valence-electron chi connectivity index (χ2n) is 10.6. The Kier molecular flexibility index (Phi) is 5.84. The summed E-state index contributed by atoms with van der Waals surface area (Å²) < 4.78 is 0. The highest BCUT2D eigenvalue weighted by Crippen LogP contribution is 2.42. The zero-order chi connectivity index (χ0) is 24.7. The summed E-state index contributed by atoms with van der Waals surface area (Å²) in [4.78, 5) is 28.2. The molecule has 1 heterocycles. The van der Waals surface area contributed by atoms with Gasteiger partial charge in [0.05, 0.1) is 11.6 Å². The van der Waals surface area contributed by atoms with Crippen LogP contribution < -0.4 is 4.90 Å². The lowest BCUT2D eigenvalue weighted by Gasteiger charge is -2.26. The summed E-state index contributed by atoms with van der Waals surface area (Å²) in [5.41, 5.74) is 5.79. The number of carbonyl (C=O) groups excluding carboxylic acids is 2. The van der Waals surface area contributed by atoms with Gasteiger partial charge in [0.15, 0.2) is 0 Å². The van der Waals surface area contributed by atoms with Crippen molar-refractivity contribution in [3.63, 3.8) is 0 Å². The molecule has 1 aliphatic carbocycles. The molecule has 178 valence electrons. The third kappa shape index (κ3) is 4.18. The van der Waals surface area contributed by atoms with Gasteiger partial charge in [-0.3, -0.25) is 14.5 Å². The van der Waals surface area contributed by atoms with E-state index in [0.29, 0.717) is 11.3 Å². The summed E-state index contributed by atoms with van der Waals surface area (Å²) in [7, 11) is 0. The van der Waals surface area contributed by atoms with E-state index < -0.39 is 17.7 Å². The molecule has 0 spiro atoms. The fourth-order valence-electron chi connectivity index (χ4n) is 5.20. The smallest absolute Gasteiger partial charge is 0.300 e. The van der Waals surface area contributed by atoms with E-state index in [0.717, 1.165) is 30.4 Å². The molecule has 0 saturated carbocycles. The fourth-order valence-corrected chi connectivity index (χ4v) is 5.20. The Labute approximate surface area is 206 Å². The van der Waals surface area contributed by atoms with Crippen molar-refractivity contribution < 1.29 is 14.7 Å². The molecule has 0 radical (unpaired) electrons. The highest BCUT2D eigenvalue weighted by atomic mass is 16.3. The Morgan fingerprint density at radius 3 is 2.17 bits per heavy atom.